The van der Waals surface area contributed by atoms with Gasteiger partial charge < -0.3 is 50.3 Å². The first-order valence-electron chi connectivity index (χ1n) is 6.85. The van der Waals surface area contributed by atoms with Gasteiger partial charge in [-0.2, -0.15) is 0 Å². The predicted molar refractivity (Wildman–Crippen MR) is 69.8 cm³/mol. The quantitative estimate of drug-likeness (QED) is 0.209. The summed E-state index contributed by atoms with van der Waals surface area (Å²) in [6, 6.07) is 0. The summed E-state index contributed by atoms with van der Waals surface area (Å²) in [5.41, 5.74) is 0. The minimum Gasteiger partial charge on any atom is -0.394 e. The number of ether oxygens (including phenoxy) is 2. The van der Waals surface area contributed by atoms with Crippen molar-refractivity contribution in [1.29, 1.82) is 0 Å². The van der Waals surface area contributed by atoms with Crippen LogP contribution in [0.2, 0.25) is 0 Å². The van der Waals surface area contributed by atoms with Gasteiger partial charge >= 0.3 is 0 Å². The first kappa shape index (κ1) is 20.3. The number of aliphatic hydroxyl groups excluding tert-OH is 8. The van der Waals surface area contributed by atoms with Gasteiger partial charge in [0.2, 0.25) is 0 Å². The van der Waals surface area contributed by atoms with Gasteiger partial charge in [-0.1, -0.05) is 0 Å². The Morgan fingerprint density at radius 2 is 1.65 bits per heavy atom. The third-order valence-corrected chi connectivity index (χ3v) is 3.50. The van der Waals surface area contributed by atoms with Crippen molar-refractivity contribution in [2.24, 2.45) is 0 Å². The number of carbonyl (C=O) groups excluding carboxylic acids is 1. The van der Waals surface area contributed by atoms with E-state index in [1.807, 2.05) is 0 Å². The number of hydrogen-bond donors (Lipinski definition) is 8. The Labute approximate surface area is 130 Å². The molecule has 0 aromatic carbocycles. The lowest BCUT2D eigenvalue weighted by Gasteiger charge is -2.41. The Bertz CT molecular complexity index is 376. The van der Waals surface area contributed by atoms with Gasteiger partial charge in [-0.15, -0.1) is 0 Å². The molecular formula is C12H22O11. The summed E-state index contributed by atoms with van der Waals surface area (Å²) < 4.78 is 10.1. The smallest absolute Gasteiger partial charge is 0.189 e. The van der Waals surface area contributed by atoms with E-state index >= 15 is 0 Å². The standard InChI is InChI=1S/C12H22O11/c13-1-4(16)7(18)11(5(17)2-14)23-12-10(21)9(20)8(19)6(3-15)22-12/h5-15,17-21H,1-3H2/t5-,6-,7+,8+,9+,10-,11+,12-/m1/s1. The molecule has 0 aromatic heterocycles. The first-order valence-corrected chi connectivity index (χ1v) is 6.85. The molecule has 8 N–H and O–H groups in total. The van der Waals surface area contributed by atoms with Gasteiger partial charge in [0, 0.05) is 0 Å². The Balaban J connectivity index is 2.91. The van der Waals surface area contributed by atoms with Gasteiger partial charge in [0.1, 0.15) is 49.3 Å². The topological polar surface area (TPSA) is 197 Å². The summed E-state index contributed by atoms with van der Waals surface area (Å²) in [5.74, 6) is -1.12. The van der Waals surface area contributed by atoms with Crippen LogP contribution in [0.3, 0.4) is 0 Å². The molecular weight excluding hydrogens is 320 g/mol. The van der Waals surface area contributed by atoms with Crippen molar-refractivity contribution >= 4 is 5.78 Å². The lowest BCUT2D eigenvalue weighted by atomic mass is 9.98. The van der Waals surface area contributed by atoms with Gasteiger partial charge in [0.25, 0.3) is 0 Å². The van der Waals surface area contributed by atoms with Crippen molar-refractivity contribution in [1.82, 2.24) is 0 Å². The first-order chi connectivity index (χ1) is 10.8. The molecule has 11 heteroatoms. The van der Waals surface area contributed by atoms with E-state index < -0.39 is 74.6 Å². The van der Waals surface area contributed by atoms with E-state index in [2.05, 4.69) is 0 Å². The summed E-state index contributed by atoms with van der Waals surface area (Å²) in [6.07, 6.45) is -13.8. The minimum absolute atomic E-state index is 0.726. The maximum absolute atomic E-state index is 11.3. The van der Waals surface area contributed by atoms with E-state index in [-0.39, 0.29) is 0 Å². The van der Waals surface area contributed by atoms with Crippen LogP contribution in [0.15, 0.2) is 0 Å². The van der Waals surface area contributed by atoms with Crippen molar-refractivity contribution in [3.63, 3.8) is 0 Å². The average molecular weight is 342 g/mol. The van der Waals surface area contributed by atoms with Crippen LogP contribution >= 0.6 is 0 Å². The van der Waals surface area contributed by atoms with Crippen LogP contribution in [-0.2, 0) is 14.3 Å². The van der Waals surface area contributed by atoms with Crippen LogP contribution in [0.25, 0.3) is 0 Å². The van der Waals surface area contributed by atoms with Crippen molar-refractivity contribution in [3.8, 4) is 0 Å². The normalized spacial score (nSPS) is 35.6. The lowest BCUT2D eigenvalue weighted by molar-refractivity contribution is -0.323. The molecule has 0 saturated carbocycles. The highest BCUT2D eigenvalue weighted by molar-refractivity contribution is 5.84. The second kappa shape index (κ2) is 8.94. The number of hydrogen-bond acceptors (Lipinski definition) is 11. The molecule has 1 rings (SSSR count). The van der Waals surface area contributed by atoms with Crippen molar-refractivity contribution < 1.29 is 55.1 Å². The van der Waals surface area contributed by atoms with E-state index in [4.69, 9.17) is 24.8 Å². The van der Waals surface area contributed by atoms with Crippen LogP contribution in [0.4, 0.5) is 0 Å². The van der Waals surface area contributed by atoms with Crippen LogP contribution in [0.1, 0.15) is 0 Å². The van der Waals surface area contributed by atoms with Gasteiger partial charge in [-0.05, 0) is 0 Å². The van der Waals surface area contributed by atoms with E-state index in [9.17, 15) is 30.3 Å². The SMILES string of the molecule is O=C(CO)[C@H](O)[C@@H](O[C@H]1O[C@H](CO)[C@H](O)[C@H](O)[C@H]1O)[C@H](O)CO. The monoisotopic (exact) mass is 342 g/mol. The molecule has 11 nitrogen and oxygen atoms in total. The third-order valence-electron chi connectivity index (χ3n) is 3.50. The molecule has 23 heavy (non-hydrogen) atoms. The Hall–Kier alpha value is -0.730. The van der Waals surface area contributed by atoms with Crippen LogP contribution in [-0.4, -0.2) is 115 Å². The fourth-order valence-electron chi connectivity index (χ4n) is 2.09. The highest BCUT2D eigenvalue weighted by atomic mass is 16.7. The average Bonchev–Trinajstić information content (AvgIpc) is 2.57. The van der Waals surface area contributed by atoms with Crippen molar-refractivity contribution in [2.75, 3.05) is 19.8 Å². The third kappa shape index (κ3) is 4.64. The number of Topliss-reactive ketones (excluding diaryl/α,β-unsaturated/α-hetero) is 1. The molecule has 1 heterocycles. The van der Waals surface area contributed by atoms with Gasteiger partial charge in [0.05, 0.1) is 13.2 Å². The second-order valence-electron chi connectivity index (χ2n) is 5.12. The highest BCUT2D eigenvalue weighted by Gasteiger charge is 2.46. The molecule has 1 aliphatic rings. The molecule has 1 fully saturated rings. The van der Waals surface area contributed by atoms with Crippen LogP contribution < -0.4 is 0 Å². The van der Waals surface area contributed by atoms with Crippen molar-refractivity contribution in [2.45, 2.75) is 49.0 Å². The Kier molecular flexibility index (Phi) is 7.89. The zero-order chi connectivity index (χ0) is 17.7. The molecule has 0 spiro atoms. The van der Waals surface area contributed by atoms with E-state index in [0.717, 1.165) is 0 Å². The fourth-order valence-corrected chi connectivity index (χ4v) is 2.09. The molecule has 0 unspecified atom stereocenters. The largest absolute Gasteiger partial charge is 0.394 e. The van der Waals surface area contributed by atoms with Crippen LogP contribution in [0, 0.1) is 0 Å². The zero-order valence-electron chi connectivity index (χ0n) is 12.0. The van der Waals surface area contributed by atoms with E-state index in [1.165, 1.54) is 0 Å². The summed E-state index contributed by atoms with van der Waals surface area (Å²) in [5, 5.41) is 75.1. The van der Waals surface area contributed by atoms with E-state index in [1.54, 1.807) is 0 Å². The second-order valence-corrected chi connectivity index (χ2v) is 5.12. The summed E-state index contributed by atoms with van der Waals surface area (Å²) >= 11 is 0. The molecule has 0 bridgehead atoms. The Morgan fingerprint density at radius 1 is 1.04 bits per heavy atom. The molecule has 8 atom stereocenters. The summed E-state index contributed by atoms with van der Waals surface area (Å²) in [6.45, 7) is -2.71. The van der Waals surface area contributed by atoms with E-state index in [0.29, 0.717) is 0 Å². The van der Waals surface area contributed by atoms with Gasteiger partial charge in [-0.3, -0.25) is 4.79 Å². The Morgan fingerprint density at radius 3 is 2.13 bits per heavy atom. The number of ketones is 1. The minimum atomic E-state index is -2.05. The molecule has 136 valence electrons. The molecule has 0 aromatic rings. The fraction of sp³-hybridized carbons (Fsp3) is 0.917. The molecule has 1 aliphatic heterocycles. The molecule has 0 aliphatic carbocycles. The van der Waals surface area contributed by atoms with Crippen molar-refractivity contribution in [3.05, 3.63) is 0 Å². The van der Waals surface area contributed by atoms with Gasteiger partial charge in [0.15, 0.2) is 12.1 Å². The summed E-state index contributed by atoms with van der Waals surface area (Å²) in [4.78, 5) is 11.3. The number of aliphatic hydroxyl groups is 8. The van der Waals surface area contributed by atoms with Crippen LogP contribution in [0.5, 0.6) is 0 Å². The predicted octanol–water partition coefficient (Wildman–Crippen LogP) is -5.55. The molecule has 1 saturated heterocycles. The maximum atomic E-state index is 11.3. The number of carbonyl (C=O) groups is 1. The highest BCUT2D eigenvalue weighted by Crippen LogP contribution is 2.24. The molecule has 0 amide bonds. The zero-order valence-corrected chi connectivity index (χ0v) is 12.0. The maximum Gasteiger partial charge on any atom is 0.189 e. The number of rotatable bonds is 8. The van der Waals surface area contributed by atoms with Gasteiger partial charge in [-0.25, -0.2) is 0 Å². The summed E-state index contributed by atoms with van der Waals surface area (Å²) in [7, 11) is 0. The lowest BCUT2D eigenvalue weighted by Crippen LogP contribution is -2.61. The molecule has 0 radical (unpaired) electrons.